The lowest BCUT2D eigenvalue weighted by Crippen LogP contribution is -2.60. The molecule has 1 aliphatic rings. The Balaban J connectivity index is 1.47. The summed E-state index contributed by atoms with van der Waals surface area (Å²) in [6.07, 6.45) is 10.5. The average Bonchev–Trinajstić information content (AvgIpc) is 3.06. The number of nitrogens with one attached hydrogen (secondary N) is 3. The molecule has 1 aromatic carbocycles. The second-order valence-electron chi connectivity index (χ2n) is 11.9. The van der Waals surface area contributed by atoms with Crippen molar-refractivity contribution in [1.82, 2.24) is 30.9 Å². The van der Waals surface area contributed by atoms with Crippen LogP contribution in [0.15, 0.2) is 73.3 Å². The van der Waals surface area contributed by atoms with Crippen LogP contribution in [0.2, 0.25) is 0 Å². The van der Waals surface area contributed by atoms with Gasteiger partial charge < -0.3 is 16.0 Å². The topological polar surface area (TPSA) is 160 Å². The minimum absolute atomic E-state index is 0.0200. The lowest BCUT2D eigenvalue weighted by atomic mass is 9.77. The second kappa shape index (κ2) is 15.8. The summed E-state index contributed by atoms with van der Waals surface area (Å²) < 4.78 is 0. The van der Waals surface area contributed by atoms with Gasteiger partial charge in [-0.2, -0.15) is 0 Å². The standard InChI is InChI=1S/C34H40N6O5/c1-34(2,40-31(43)26(24-13-7-4-8-14-24)20-29(41)28-22-35-17-18-37-28)33(45)39-27(19-23-11-5-3-6-12-23)30(42)32(44)38-21-25-15-9-10-16-36-25/h3,5-6,9-12,15-18,22,24,26-27H,4,7-8,13-14,19-21H2,1-2H3,(H,38,44)(H,39,45)(H,40,43)/t26-,27-/m1/s1. The molecule has 4 rings (SSSR count). The summed E-state index contributed by atoms with van der Waals surface area (Å²) in [7, 11) is 0. The van der Waals surface area contributed by atoms with Crippen molar-refractivity contribution in [3.05, 3.63) is 90.3 Å². The summed E-state index contributed by atoms with van der Waals surface area (Å²) in [5.41, 5.74) is 0.0535. The summed E-state index contributed by atoms with van der Waals surface area (Å²) in [5.74, 6) is -3.70. The van der Waals surface area contributed by atoms with Gasteiger partial charge in [0.15, 0.2) is 5.78 Å². The third-order valence-corrected chi connectivity index (χ3v) is 8.10. The first-order chi connectivity index (χ1) is 21.6. The highest BCUT2D eigenvalue weighted by Gasteiger charge is 2.39. The normalized spacial score (nSPS) is 14.9. The summed E-state index contributed by atoms with van der Waals surface area (Å²) >= 11 is 0. The quantitative estimate of drug-likeness (QED) is 0.185. The zero-order valence-corrected chi connectivity index (χ0v) is 25.7. The summed E-state index contributed by atoms with van der Waals surface area (Å²) in [6, 6.07) is 13.1. The molecule has 0 radical (unpaired) electrons. The molecule has 0 aliphatic heterocycles. The van der Waals surface area contributed by atoms with Gasteiger partial charge in [0.05, 0.1) is 18.4 Å². The number of rotatable bonds is 14. The fraction of sp³-hybridized carbons (Fsp3) is 0.412. The van der Waals surface area contributed by atoms with Crippen LogP contribution in [-0.4, -0.2) is 55.8 Å². The number of benzene rings is 1. The monoisotopic (exact) mass is 612 g/mol. The molecule has 0 unspecified atom stereocenters. The minimum Gasteiger partial charge on any atom is -0.344 e. The summed E-state index contributed by atoms with van der Waals surface area (Å²) in [4.78, 5) is 78.9. The van der Waals surface area contributed by atoms with Gasteiger partial charge in [0.1, 0.15) is 17.3 Å². The minimum atomic E-state index is -1.46. The van der Waals surface area contributed by atoms with Crippen molar-refractivity contribution in [2.75, 3.05) is 0 Å². The SMILES string of the molecule is CC(C)(NC(=O)[C@H](CC(=O)c1cnccn1)C1CCCCC1)C(=O)N[C@H](Cc1ccccc1)C(=O)C(=O)NCc1ccccn1. The average molecular weight is 613 g/mol. The second-order valence-corrected chi connectivity index (χ2v) is 11.9. The third kappa shape index (κ3) is 9.59. The van der Waals surface area contributed by atoms with Crippen molar-refractivity contribution in [1.29, 1.82) is 0 Å². The van der Waals surface area contributed by atoms with E-state index in [1.165, 1.54) is 32.4 Å². The molecule has 3 aromatic rings. The lowest BCUT2D eigenvalue weighted by Gasteiger charge is -2.33. The van der Waals surface area contributed by atoms with Crippen LogP contribution in [-0.2, 0) is 32.1 Å². The highest BCUT2D eigenvalue weighted by Crippen LogP contribution is 2.33. The highest BCUT2D eigenvalue weighted by molar-refractivity contribution is 6.38. The number of hydrogen-bond donors (Lipinski definition) is 3. The Morgan fingerprint density at radius 1 is 0.889 bits per heavy atom. The smallest absolute Gasteiger partial charge is 0.289 e. The summed E-state index contributed by atoms with van der Waals surface area (Å²) in [5, 5.41) is 8.12. The van der Waals surface area contributed by atoms with Crippen molar-refractivity contribution < 1.29 is 24.0 Å². The number of carbonyl (C=O) groups is 5. The van der Waals surface area contributed by atoms with Crippen LogP contribution in [0.25, 0.3) is 0 Å². The largest absolute Gasteiger partial charge is 0.344 e. The van der Waals surface area contributed by atoms with Crippen LogP contribution in [0.4, 0.5) is 0 Å². The first-order valence-corrected chi connectivity index (χ1v) is 15.3. The van der Waals surface area contributed by atoms with E-state index < -0.39 is 41.0 Å². The Labute approximate surface area is 263 Å². The molecule has 3 amide bonds. The van der Waals surface area contributed by atoms with E-state index in [1.54, 1.807) is 48.7 Å². The van der Waals surface area contributed by atoms with E-state index in [1.807, 2.05) is 6.07 Å². The van der Waals surface area contributed by atoms with E-state index in [-0.39, 0.29) is 36.8 Å². The van der Waals surface area contributed by atoms with Gasteiger partial charge >= 0.3 is 0 Å². The molecule has 236 valence electrons. The van der Waals surface area contributed by atoms with E-state index in [2.05, 4.69) is 30.9 Å². The zero-order valence-electron chi connectivity index (χ0n) is 25.7. The molecule has 45 heavy (non-hydrogen) atoms. The van der Waals surface area contributed by atoms with Crippen molar-refractivity contribution in [3.63, 3.8) is 0 Å². The van der Waals surface area contributed by atoms with Crippen molar-refractivity contribution in [3.8, 4) is 0 Å². The van der Waals surface area contributed by atoms with Gasteiger partial charge in [-0.1, -0.05) is 55.7 Å². The Morgan fingerprint density at radius 3 is 2.29 bits per heavy atom. The maximum Gasteiger partial charge on any atom is 0.289 e. The number of nitrogens with zero attached hydrogens (tertiary/aromatic N) is 3. The molecule has 2 aromatic heterocycles. The van der Waals surface area contributed by atoms with Crippen molar-refractivity contribution in [2.24, 2.45) is 11.8 Å². The fourth-order valence-electron chi connectivity index (χ4n) is 5.53. The van der Waals surface area contributed by atoms with Crippen LogP contribution >= 0.6 is 0 Å². The Kier molecular flexibility index (Phi) is 11.6. The number of ketones is 2. The molecule has 11 nitrogen and oxygen atoms in total. The van der Waals surface area contributed by atoms with Crippen LogP contribution in [0.5, 0.6) is 0 Å². The maximum atomic E-state index is 13.8. The molecular weight excluding hydrogens is 572 g/mol. The molecule has 0 saturated heterocycles. The molecule has 2 atom stereocenters. The predicted molar refractivity (Wildman–Crippen MR) is 166 cm³/mol. The van der Waals surface area contributed by atoms with Crippen LogP contribution in [0.3, 0.4) is 0 Å². The van der Waals surface area contributed by atoms with Crippen LogP contribution in [0, 0.1) is 11.8 Å². The number of amides is 3. The van der Waals surface area contributed by atoms with Gasteiger partial charge in [0, 0.05) is 37.4 Å². The van der Waals surface area contributed by atoms with E-state index >= 15 is 0 Å². The molecule has 3 N–H and O–H groups in total. The number of hydrogen-bond acceptors (Lipinski definition) is 8. The van der Waals surface area contributed by atoms with E-state index in [0.29, 0.717) is 5.69 Å². The molecule has 1 fully saturated rings. The van der Waals surface area contributed by atoms with E-state index in [0.717, 1.165) is 37.7 Å². The lowest BCUT2D eigenvalue weighted by molar-refractivity contribution is -0.141. The number of pyridine rings is 1. The van der Waals surface area contributed by atoms with Gasteiger partial charge in [0.25, 0.3) is 5.91 Å². The van der Waals surface area contributed by atoms with Crippen molar-refractivity contribution >= 4 is 29.3 Å². The first-order valence-electron chi connectivity index (χ1n) is 15.3. The zero-order chi connectivity index (χ0) is 32.2. The van der Waals surface area contributed by atoms with E-state index in [4.69, 9.17) is 0 Å². The van der Waals surface area contributed by atoms with Crippen molar-refractivity contribution in [2.45, 2.75) is 76.9 Å². The van der Waals surface area contributed by atoms with Gasteiger partial charge in [-0.15, -0.1) is 0 Å². The third-order valence-electron chi connectivity index (χ3n) is 8.10. The first kappa shape index (κ1) is 33.1. The molecule has 1 aliphatic carbocycles. The van der Waals surface area contributed by atoms with Gasteiger partial charge in [-0.25, -0.2) is 4.98 Å². The number of carbonyl (C=O) groups excluding carboxylic acids is 5. The molecule has 1 saturated carbocycles. The van der Waals surface area contributed by atoms with Gasteiger partial charge in [0.2, 0.25) is 17.6 Å². The predicted octanol–water partition coefficient (Wildman–Crippen LogP) is 3.15. The Bertz CT molecular complexity index is 1460. The number of aromatic nitrogens is 3. The maximum absolute atomic E-state index is 13.8. The van der Waals surface area contributed by atoms with Crippen LogP contribution in [0.1, 0.15) is 74.1 Å². The highest BCUT2D eigenvalue weighted by atomic mass is 16.2. The molecule has 0 spiro atoms. The van der Waals surface area contributed by atoms with Gasteiger partial charge in [-0.3, -0.25) is 33.9 Å². The number of Topliss-reactive ketones (excluding diaryl/α,β-unsaturated/α-hetero) is 2. The molecule has 2 heterocycles. The Hall–Kier alpha value is -4.80. The fourth-order valence-corrected chi connectivity index (χ4v) is 5.53. The molecule has 0 bridgehead atoms. The molecular formula is C34H40N6O5. The Morgan fingerprint density at radius 2 is 1.62 bits per heavy atom. The van der Waals surface area contributed by atoms with Gasteiger partial charge in [-0.05, 0) is 50.3 Å². The van der Waals surface area contributed by atoms with Crippen LogP contribution < -0.4 is 16.0 Å². The summed E-state index contributed by atoms with van der Waals surface area (Å²) in [6.45, 7) is 3.12. The van der Waals surface area contributed by atoms with E-state index in [9.17, 15) is 24.0 Å². The molecule has 11 heteroatoms.